The van der Waals surface area contributed by atoms with Gasteiger partial charge in [-0.15, -0.1) is 0 Å². The monoisotopic (exact) mass is 320 g/mol. The molecule has 0 aliphatic carbocycles. The molecule has 0 amide bonds. The minimum absolute atomic E-state index is 0.180. The summed E-state index contributed by atoms with van der Waals surface area (Å²) < 4.78 is 0. The maximum Gasteiger partial charge on any atom is 0.139 e. The number of phenols is 2. The zero-order valence-corrected chi connectivity index (χ0v) is 13.6. The molecule has 0 atom stereocenters. The summed E-state index contributed by atoms with van der Waals surface area (Å²) in [5.74, 6) is 0.365. The number of phenolic OH excluding ortho intramolecular Hbond substituents is 2. The van der Waals surface area contributed by atoms with E-state index in [2.05, 4.69) is 4.98 Å². The number of aromatic hydroxyl groups is 2. The second-order valence-electron chi connectivity index (χ2n) is 5.70. The fraction of sp³-hybridized carbons (Fsp3) is 0.150. The number of aromatic nitrogens is 1. The second-order valence-corrected chi connectivity index (χ2v) is 5.70. The quantitative estimate of drug-likeness (QED) is 0.740. The molecule has 0 unspecified atom stereocenters. The molecule has 1 aromatic heterocycles. The highest BCUT2D eigenvalue weighted by Gasteiger charge is 2.16. The summed E-state index contributed by atoms with van der Waals surface area (Å²) in [6.07, 6.45) is 2.46. The van der Waals surface area contributed by atoms with Gasteiger partial charge in [-0.1, -0.05) is 24.3 Å². The average Bonchev–Trinajstić information content (AvgIpc) is 2.60. The first-order valence-electron chi connectivity index (χ1n) is 7.90. The Morgan fingerprint density at radius 1 is 0.875 bits per heavy atom. The van der Waals surface area contributed by atoms with Crippen molar-refractivity contribution in [1.82, 2.24) is 4.98 Å². The third-order valence-corrected chi connectivity index (χ3v) is 3.91. The van der Waals surface area contributed by atoms with Crippen molar-refractivity contribution in [2.45, 2.75) is 13.3 Å². The van der Waals surface area contributed by atoms with E-state index in [1.54, 1.807) is 24.4 Å². The van der Waals surface area contributed by atoms with E-state index in [1.807, 2.05) is 54.3 Å². The van der Waals surface area contributed by atoms with Gasteiger partial charge in [-0.25, -0.2) is 0 Å². The van der Waals surface area contributed by atoms with Gasteiger partial charge in [0.05, 0.1) is 11.4 Å². The van der Waals surface area contributed by atoms with E-state index in [4.69, 9.17) is 0 Å². The van der Waals surface area contributed by atoms with E-state index in [-0.39, 0.29) is 11.5 Å². The van der Waals surface area contributed by atoms with Gasteiger partial charge in [-0.05, 0) is 48.9 Å². The maximum atomic E-state index is 10.3. The molecule has 4 nitrogen and oxygen atoms in total. The zero-order valence-electron chi connectivity index (χ0n) is 13.6. The molecule has 0 spiro atoms. The molecular formula is C20H20N2O2. The van der Waals surface area contributed by atoms with Crippen LogP contribution < -0.4 is 4.90 Å². The van der Waals surface area contributed by atoms with E-state index in [0.29, 0.717) is 24.3 Å². The van der Waals surface area contributed by atoms with Crippen molar-refractivity contribution in [2.24, 2.45) is 0 Å². The van der Waals surface area contributed by atoms with Gasteiger partial charge in [-0.2, -0.15) is 0 Å². The van der Waals surface area contributed by atoms with Crippen LogP contribution in [0, 0.1) is 6.92 Å². The smallest absolute Gasteiger partial charge is 0.139 e. The minimum atomic E-state index is 0.180. The normalized spacial score (nSPS) is 10.5. The summed E-state index contributed by atoms with van der Waals surface area (Å²) in [5, 5.41) is 20.6. The first kappa shape index (κ1) is 15.9. The van der Waals surface area contributed by atoms with Crippen LogP contribution in [0.25, 0.3) is 0 Å². The highest BCUT2D eigenvalue weighted by molar-refractivity contribution is 5.73. The van der Waals surface area contributed by atoms with Gasteiger partial charge in [0.2, 0.25) is 0 Å². The van der Waals surface area contributed by atoms with Gasteiger partial charge in [-0.3, -0.25) is 4.98 Å². The Balaban J connectivity index is 1.98. The lowest BCUT2D eigenvalue weighted by Gasteiger charge is -2.26. The molecule has 0 radical (unpaired) electrons. The van der Waals surface area contributed by atoms with E-state index >= 15 is 0 Å². The number of aryl methyl sites for hydroxylation is 1. The van der Waals surface area contributed by atoms with Crippen molar-refractivity contribution in [3.8, 4) is 11.5 Å². The average molecular weight is 320 g/mol. The van der Waals surface area contributed by atoms with Crippen LogP contribution in [0.3, 0.4) is 0 Å². The first-order chi connectivity index (χ1) is 11.6. The molecular weight excluding hydrogens is 300 g/mol. The summed E-state index contributed by atoms with van der Waals surface area (Å²) in [6.45, 7) is 2.57. The molecule has 2 N–H and O–H groups in total. The van der Waals surface area contributed by atoms with Crippen molar-refractivity contribution in [1.29, 1.82) is 0 Å². The topological polar surface area (TPSA) is 56.6 Å². The Morgan fingerprint density at radius 2 is 1.62 bits per heavy atom. The third-order valence-electron chi connectivity index (χ3n) is 3.91. The number of hydrogen-bond acceptors (Lipinski definition) is 4. The second kappa shape index (κ2) is 7.04. The van der Waals surface area contributed by atoms with Crippen LogP contribution in [0.15, 0.2) is 66.9 Å². The maximum absolute atomic E-state index is 10.3. The summed E-state index contributed by atoms with van der Waals surface area (Å²) in [7, 11) is 0. The van der Waals surface area contributed by atoms with Crippen LogP contribution >= 0.6 is 0 Å². The van der Waals surface area contributed by atoms with Crippen LogP contribution in [-0.4, -0.2) is 21.7 Å². The number of benzene rings is 2. The molecule has 24 heavy (non-hydrogen) atoms. The molecule has 3 aromatic rings. The molecule has 4 heteroatoms. The molecule has 0 saturated heterocycles. The molecule has 0 aliphatic heterocycles. The van der Waals surface area contributed by atoms with Crippen LogP contribution in [0.2, 0.25) is 0 Å². The lowest BCUT2D eigenvalue weighted by Crippen LogP contribution is -2.21. The Hall–Kier alpha value is -3.01. The molecule has 122 valence electrons. The summed E-state index contributed by atoms with van der Waals surface area (Å²) in [6, 6.07) is 18.4. The van der Waals surface area contributed by atoms with Crippen molar-refractivity contribution in [3.05, 3.63) is 78.1 Å². The Morgan fingerprint density at radius 3 is 2.38 bits per heavy atom. The molecule has 3 rings (SSSR count). The van der Waals surface area contributed by atoms with Gasteiger partial charge in [0.15, 0.2) is 0 Å². The van der Waals surface area contributed by atoms with Gasteiger partial charge < -0.3 is 15.1 Å². The summed E-state index contributed by atoms with van der Waals surface area (Å²) in [5.41, 5.74) is 3.34. The van der Waals surface area contributed by atoms with E-state index < -0.39 is 0 Å². The van der Waals surface area contributed by atoms with Gasteiger partial charge in [0.1, 0.15) is 11.5 Å². The molecule has 0 bridgehead atoms. The fourth-order valence-electron chi connectivity index (χ4n) is 2.69. The standard InChI is InChI=1S/C20H20N2O2/c1-15-9-10-20(24)18(14-15)22(17-7-2-3-8-19(17)23)13-11-16-6-4-5-12-21-16/h2-10,12,14,23-24H,11,13H2,1H3. The number of anilines is 2. The highest BCUT2D eigenvalue weighted by atomic mass is 16.3. The van der Waals surface area contributed by atoms with Crippen molar-refractivity contribution < 1.29 is 10.2 Å². The van der Waals surface area contributed by atoms with Crippen LogP contribution in [0.1, 0.15) is 11.3 Å². The molecule has 0 fully saturated rings. The molecule has 0 saturated carbocycles. The van der Waals surface area contributed by atoms with E-state index in [1.165, 1.54) is 0 Å². The molecule has 2 aromatic carbocycles. The first-order valence-corrected chi connectivity index (χ1v) is 7.90. The van der Waals surface area contributed by atoms with Crippen LogP contribution in [0.4, 0.5) is 11.4 Å². The highest BCUT2D eigenvalue weighted by Crippen LogP contribution is 2.38. The third kappa shape index (κ3) is 3.49. The van der Waals surface area contributed by atoms with Gasteiger partial charge in [0.25, 0.3) is 0 Å². The lowest BCUT2D eigenvalue weighted by molar-refractivity contribution is 0.470. The number of nitrogens with zero attached hydrogens (tertiary/aromatic N) is 2. The predicted molar refractivity (Wildman–Crippen MR) is 95.9 cm³/mol. The van der Waals surface area contributed by atoms with Gasteiger partial charge in [0, 0.05) is 24.9 Å². The molecule has 0 aliphatic rings. The van der Waals surface area contributed by atoms with Crippen LogP contribution in [-0.2, 0) is 6.42 Å². The van der Waals surface area contributed by atoms with E-state index in [9.17, 15) is 10.2 Å². The van der Waals surface area contributed by atoms with Gasteiger partial charge >= 0.3 is 0 Å². The van der Waals surface area contributed by atoms with Crippen molar-refractivity contribution in [2.75, 3.05) is 11.4 Å². The summed E-state index contributed by atoms with van der Waals surface area (Å²) >= 11 is 0. The number of hydrogen-bond donors (Lipinski definition) is 2. The zero-order chi connectivity index (χ0) is 16.9. The largest absolute Gasteiger partial charge is 0.506 e. The Kier molecular flexibility index (Phi) is 4.66. The van der Waals surface area contributed by atoms with Crippen LogP contribution in [0.5, 0.6) is 11.5 Å². The molecule has 1 heterocycles. The SMILES string of the molecule is Cc1ccc(O)c(N(CCc2ccccn2)c2ccccc2O)c1. The van der Waals surface area contributed by atoms with Crippen molar-refractivity contribution in [3.63, 3.8) is 0 Å². The Bertz CT molecular complexity index is 819. The number of rotatable bonds is 5. The lowest BCUT2D eigenvalue weighted by atomic mass is 10.1. The fourth-order valence-corrected chi connectivity index (χ4v) is 2.69. The number of pyridine rings is 1. The number of para-hydroxylation sites is 2. The predicted octanol–water partition coefficient (Wildman–Crippen LogP) is 4.18. The van der Waals surface area contributed by atoms with E-state index in [0.717, 1.165) is 11.3 Å². The summed E-state index contributed by atoms with van der Waals surface area (Å²) in [4.78, 5) is 6.27. The van der Waals surface area contributed by atoms with Crippen molar-refractivity contribution >= 4 is 11.4 Å². The Labute approximate surface area is 141 Å². The minimum Gasteiger partial charge on any atom is -0.506 e.